The van der Waals surface area contributed by atoms with Gasteiger partial charge in [0, 0.05) is 42.6 Å². The molecular weight excluding hydrogens is 279 g/mol. The van der Waals surface area contributed by atoms with Crippen LogP contribution < -0.4 is 4.18 Å². The van der Waals surface area contributed by atoms with E-state index in [1.54, 1.807) is 12.1 Å². The third-order valence-corrected chi connectivity index (χ3v) is 3.80. The maximum absolute atomic E-state index is 11.1. The number of rotatable bonds is 2. The van der Waals surface area contributed by atoms with Gasteiger partial charge in [0.25, 0.3) is 0 Å². The fourth-order valence-corrected chi connectivity index (χ4v) is 2.95. The first-order valence-corrected chi connectivity index (χ1v) is 7.55. The van der Waals surface area contributed by atoms with E-state index in [9.17, 15) is 8.42 Å². The third-order valence-electron chi connectivity index (χ3n) is 3.31. The Kier molecular flexibility index (Phi) is 4.30. The zero-order chi connectivity index (χ0) is 12.8. The minimum atomic E-state index is -3.50. The van der Waals surface area contributed by atoms with E-state index >= 15 is 0 Å². The van der Waals surface area contributed by atoms with Crippen LogP contribution in [0.2, 0.25) is 0 Å². The van der Waals surface area contributed by atoms with Gasteiger partial charge in [-0.2, -0.15) is 8.42 Å². The molecule has 0 aromatic heterocycles. The maximum atomic E-state index is 11.1. The molecule has 0 amide bonds. The van der Waals surface area contributed by atoms with Gasteiger partial charge in [0.1, 0.15) is 11.4 Å². The maximum Gasteiger partial charge on any atom is 0.306 e. The summed E-state index contributed by atoms with van der Waals surface area (Å²) in [7, 11) is -3.50. The van der Waals surface area contributed by atoms with Gasteiger partial charge in [-0.25, -0.2) is 0 Å². The third kappa shape index (κ3) is 2.99. The normalized spacial score (nSPS) is 25.1. The predicted octanol–water partition coefficient (Wildman–Crippen LogP) is 0.790. The quantitative estimate of drug-likeness (QED) is 0.596. The van der Waals surface area contributed by atoms with E-state index in [-0.39, 0.29) is 29.6 Å². The van der Waals surface area contributed by atoms with Gasteiger partial charge in [-0.1, -0.05) is 6.07 Å². The zero-order valence-electron chi connectivity index (χ0n) is 11.0. The van der Waals surface area contributed by atoms with E-state index in [1.165, 1.54) is 0 Å². The van der Waals surface area contributed by atoms with Crippen molar-refractivity contribution in [2.75, 3.05) is 19.5 Å². The van der Waals surface area contributed by atoms with Crippen LogP contribution in [0.4, 0.5) is 0 Å². The Morgan fingerprint density at radius 1 is 1.37 bits per heavy atom. The van der Waals surface area contributed by atoms with Gasteiger partial charge in [-0.3, -0.25) is 0 Å². The molecule has 1 fully saturated rings. The largest absolute Gasteiger partial charge is 0.383 e. The van der Waals surface area contributed by atoms with Crippen LogP contribution in [0.5, 0.6) is 5.75 Å². The molecule has 0 aliphatic carbocycles. The first-order chi connectivity index (χ1) is 8.49. The average Bonchev–Trinajstić information content (AvgIpc) is 2.87. The molecule has 2 heterocycles. The summed E-state index contributed by atoms with van der Waals surface area (Å²) in [6, 6.07) is 5.25. The standard InChI is InChI=1S/C12H14O5S.Na/c1-18(13,14)17-10-3-2-9-7-16-12(11(9)6-10)4-5-15-8-12;/h2-3,6H,4-5,7-8H2,1H3;. The molecule has 1 atom stereocenters. The molecule has 0 N–H and O–H groups in total. The second-order valence-corrected chi connectivity index (χ2v) is 6.27. The topological polar surface area (TPSA) is 61.8 Å². The molecule has 1 saturated heterocycles. The van der Waals surface area contributed by atoms with Crippen molar-refractivity contribution in [2.24, 2.45) is 0 Å². The summed E-state index contributed by atoms with van der Waals surface area (Å²) in [4.78, 5) is 0. The molecule has 1 radical (unpaired) electrons. The molecule has 3 rings (SSSR count). The van der Waals surface area contributed by atoms with Gasteiger partial charge in [-0.15, -0.1) is 0 Å². The molecule has 19 heavy (non-hydrogen) atoms. The molecule has 2 aliphatic heterocycles. The second kappa shape index (κ2) is 5.35. The second-order valence-electron chi connectivity index (χ2n) is 4.69. The minimum absolute atomic E-state index is 0. The Morgan fingerprint density at radius 2 is 2.16 bits per heavy atom. The van der Waals surface area contributed by atoms with Gasteiger partial charge >= 0.3 is 10.1 Å². The van der Waals surface area contributed by atoms with Gasteiger partial charge in [0.2, 0.25) is 0 Å². The summed E-state index contributed by atoms with van der Waals surface area (Å²) in [6.45, 7) is 1.72. The number of ether oxygens (including phenoxy) is 2. The molecule has 2 aliphatic rings. The summed E-state index contributed by atoms with van der Waals surface area (Å²) < 4.78 is 38.4. The van der Waals surface area contributed by atoms with Crippen LogP contribution in [0.3, 0.4) is 0 Å². The van der Waals surface area contributed by atoms with Crippen LogP contribution in [-0.2, 0) is 31.8 Å². The molecule has 1 aromatic carbocycles. The van der Waals surface area contributed by atoms with Crippen molar-refractivity contribution in [3.05, 3.63) is 29.3 Å². The van der Waals surface area contributed by atoms with Crippen LogP contribution in [0, 0.1) is 0 Å². The van der Waals surface area contributed by atoms with E-state index in [0.29, 0.717) is 25.6 Å². The molecule has 5 nitrogen and oxygen atoms in total. The summed E-state index contributed by atoms with van der Waals surface area (Å²) in [5.41, 5.74) is 1.65. The number of hydrogen-bond donors (Lipinski definition) is 0. The van der Waals surface area contributed by atoms with Gasteiger partial charge in [0.15, 0.2) is 0 Å². The van der Waals surface area contributed by atoms with Crippen LogP contribution >= 0.6 is 0 Å². The molecule has 7 heteroatoms. The van der Waals surface area contributed by atoms with E-state index in [4.69, 9.17) is 13.7 Å². The fraction of sp³-hybridized carbons (Fsp3) is 0.500. The van der Waals surface area contributed by atoms with Crippen molar-refractivity contribution in [1.82, 2.24) is 0 Å². The Hall–Kier alpha value is -0.110. The van der Waals surface area contributed by atoms with E-state index in [1.807, 2.05) is 6.07 Å². The monoisotopic (exact) mass is 293 g/mol. The molecular formula is C12H14NaO5S. The van der Waals surface area contributed by atoms with Crippen molar-refractivity contribution in [3.63, 3.8) is 0 Å². The van der Waals surface area contributed by atoms with Gasteiger partial charge in [0.05, 0.1) is 19.5 Å². The summed E-state index contributed by atoms with van der Waals surface area (Å²) in [5.74, 6) is 0.327. The SMILES string of the molecule is CS(=O)(=O)Oc1ccc2c(c1)C1(CCOC1)OC2.[Na]. The Labute approximate surface area is 134 Å². The molecule has 1 spiro atoms. The van der Waals surface area contributed by atoms with E-state index in [0.717, 1.165) is 23.8 Å². The molecule has 0 bridgehead atoms. The van der Waals surface area contributed by atoms with E-state index in [2.05, 4.69) is 0 Å². The fourth-order valence-electron chi connectivity index (χ4n) is 2.50. The van der Waals surface area contributed by atoms with Gasteiger partial charge in [-0.05, 0) is 23.3 Å². The number of benzene rings is 1. The number of fused-ring (bicyclic) bond motifs is 2. The first-order valence-electron chi connectivity index (χ1n) is 5.73. The predicted molar refractivity (Wildman–Crippen MR) is 69.6 cm³/mol. The molecule has 99 valence electrons. The van der Waals surface area contributed by atoms with Gasteiger partial charge < -0.3 is 13.7 Å². The van der Waals surface area contributed by atoms with Crippen LogP contribution in [0.1, 0.15) is 17.5 Å². The van der Waals surface area contributed by atoms with Crippen molar-refractivity contribution in [2.45, 2.75) is 18.6 Å². The Bertz CT molecular complexity index is 578. The molecule has 1 unspecified atom stereocenters. The summed E-state index contributed by atoms with van der Waals surface area (Å²) >= 11 is 0. The Morgan fingerprint density at radius 3 is 2.79 bits per heavy atom. The first kappa shape index (κ1) is 15.3. The molecule has 0 saturated carbocycles. The van der Waals surface area contributed by atoms with E-state index < -0.39 is 15.7 Å². The van der Waals surface area contributed by atoms with Crippen molar-refractivity contribution in [1.29, 1.82) is 0 Å². The Balaban J connectivity index is 0.00000133. The zero-order valence-corrected chi connectivity index (χ0v) is 13.8. The van der Waals surface area contributed by atoms with Crippen LogP contribution in [-0.4, -0.2) is 57.4 Å². The summed E-state index contributed by atoms with van der Waals surface area (Å²) in [5, 5.41) is 0. The smallest absolute Gasteiger partial charge is 0.306 e. The van der Waals surface area contributed by atoms with Crippen molar-refractivity contribution >= 4 is 39.7 Å². The minimum Gasteiger partial charge on any atom is -0.383 e. The molecule has 1 aromatic rings. The number of hydrogen-bond acceptors (Lipinski definition) is 5. The summed E-state index contributed by atoms with van der Waals surface area (Å²) in [6.07, 6.45) is 1.83. The van der Waals surface area contributed by atoms with Crippen molar-refractivity contribution < 1.29 is 22.1 Å². The van der Waals surface area contributed by atoms with Crippen molar-refractivity contribution in [3.8, 4) is 5.75 Å². The van der Waals surface area contributed by atoms with Crippen LogP contribution in [0.25, 0.3) is 0 Å². The van der Waals surface area contributed by atoms with Crippen LogP contribution in [0.15, 0.2) is 18.2 Å². The average molecular weight is 293 g/mol.